The Kier molecular flexibility index (Phi) is 6.77. The van der Waals surface area contributed by atoms with Crippen molar-refractivity contribution < 1.29 is 22.7 Å². The summed E-state index contributed by atoms with van der Waals surface area (Å²) >= 11 is 1.56. The van der Waals surface area contributed by atoms with Gasteiger partial charge in [-0.05, 0) is 35.7 Å². The number of aromatic nitrogens is 2. The number of thioether (sulfide) groups is 1. The topological polar surface area (TPSA) is 81.6 Å². The lowest BCUT2D eigenvalue weighted by molar-refractivity contribution is 0.0951. The van der Waals surface area contributed by atoms with E-state index in [9.17, 15) is 13.6 Å². The lowest BCUT2D eigenvalue weighted by atomic mass is 10.0. The third kappa shape index (κ3) is 4.86. The molecule has 0 atom stereocenters. The lowest BCUT2D eigenvalue weighted by Gasteiger charge is -2.14. The molecular weight excluding hydrogens is 486 g/mol. The molecule has 0 spiro atoms. The zero-order chi connectivity index (χ0) is 25.2. The second-order valence-corrected chi connectivity index (χ2v) is 9.68. The van der Waals surface area contributed by atoms with Crippen LogP contribution in [-0.2, 0) is 13.1 Å². The summed E-state index contributed by atoms with van der Waals surface area (Å²) in [7, 11) is 0. The number of oxazole rings is 1. The molecule has 186 valence electrons. The highest BCUT2D eigenvalue weighted by Gasteiger charge is 2.26. The van der Waals surface area contributed by atoms with E-state index in [1.54, 1.807) is 18.0 Å². The second-order valence-electron chi connectivity index (χ2n) is 8.64. The van der Waals surface area contributed by atoms with Crippen LogP contribution >= 0.6 is 11.8 Å². The fourth-order valence-corrected chi connectivity index (χ4v) is 4.98. The number of ether oxygens (including phenoxy) is 1. The number of nitrogens with one attached hydrogen (secondary N) is 1. The number of halogens is 2. The Labute approximate surface area is 210 Å². The van der Waals surface area contributed by atoms with Crippen molar-refractivity contribution in [2.75, 3.05) is 12.3 Å². The van der Waals surface area contributed by atoms with Gasteiger partial charge < -0.3 is 19.0 Å². The predicted molar refractivity (Wildman–Crippen MR) is 135 cm³/mol. The minimum absolute atomic E-state index is 0.0180. The third-order valence-electron chi connectivity index (χ3n) is 5.83. The number of nitrogens with zero attached hydrogens (tertiary/aromatic N) is 3. The zero-order valence-electron chi connectivity index (χ0n) is 19.8. The summed E-state index contributed by atoms with van der Waals surface area (Å²) in [6, 6.07) is 9.13. The van der Waals surface area contributed by atoms with Crippen molar-refractivity contribution in [3.63, 3.8) is 0 Å². The van der Waals surface area contributed by atoms with Crippen molar-refractivity contribution in [2.45, 2.75) is 32.9 Å². The maximum atomic E-state index is 13.6. The van der Waals surface area contributed by atoms with Crippen LogP contribution in [0.2, 0.25) is 0 Å². The first kappa shape index (κ1) is 24.1. The van der Waals surface area contributed by atoms with Gasteiger partial charge in [0.2, 0.25) is 5.89 Å². The van der Waals surface area contributed by atoms with Gasteiger partial charge in [-0.15, -0.1) is 0 Å². The van der Waals surface area contributed by atoms with E-state index in [1.807, 2.05) is 36.6 Å². The maximum absolute atomic E-state index is 13.6. The fraction of sp³-hybridized carbons (Fsp3) is 0.269. The number of hydrogen-bond donors (Lipinski definition) is 1. The van der Waals surface area contributed by atoms with Crippen LogP contribution in [-0.4, -0.2) is 33.0 Å². The zero-order valence-corrected chi connectivity index (χ0v) is 20.6. The smallest absolute Gasteiger partial charge is 0.254 e. The molecule has 3 heterocycles. The first-order valence-electron chi connectivity index (χ1n) is 11.5. The van der Waals surface area contributed by atoms with Crippen LogP contribution in [0.25, 0.3) is 10.9 Å². The van der Waals surface area contributed by atoms with Gasteiger partial charge in [-0.25, -0.2) is 18.8 Å². The average Bonchev–Trinajstić information content (AvgIpc) is 3.61. The Morgan fingerprint density at radius 2 is 2.08 bits per heavy atom. The van der Waals surface area contributed by atoms with Crippen LogP contribution in [0, 0.1) is 11.6 Å². The molecule has 2 aromatic heterocycles. The van der Waals surface area contributed by atoms with Gasteiger partial charge in [0.05, 0.1) is 30.4 Å². The molecular formula is C26H24F2N4O3S. The van der Waals surface area contributed by atoms with E-state index in [0.717, 1.165) is 41.0 Å². The molecule has 1 N–H and O–H groups in total. The van der Waals surface area contributed by atoms with Crippen molar-refractivity contribution >= 4 is 33.8 Å². The molecule has 7 nitrogen and oxygen atoms in total. The second kappa shape index (κ2) is 10.1. The first-order valence-corrected chi connectivity index (χ1v) is 12.5. The number of aliphatic imine (C=N–C) groups is 1. The van der Waals surface area contributed by atoms with Crippen molar-refractivity contribution in [1.29, 1.82) is 0 Å². The van der Waals surface area contributed by atoms with Gasteiger partial charge in [0.1, 0.15) is 12.0 Å². The van der Waals surface area contributed by atoms with Gasteiger partial charge in [0.15, 0.2) is 11.6 Å². The van der Waals surface area contributed by atoms with Crippen molar-refractivity contribution in [1.82, 2.24) is 14.9 Å². The first-order chi connectivity index (χ1) is 17.4. The van der Waals surface area contributed by atoms with Gasteiger partial charge in [-0.2, -0.15) is 0 Å². The standard InChI is InChI=1S/C26H24F2N4O3S/c1-15(2)24-23(25(33)31-13-16-3-6-19(27)20(28)11-16)18-5-4-17(35-26-30-8-10-36-26)12-21(18)32(24)14-22-29-7-9-34-22/h3-7,9,11-12,15H,8,10,13-14H2,1-2H3,(H,31,33). The average molecular weight is 511 g/mol. The summed E-state index contributed by atoms with van der Waals surface area (Å²) in [6.45, 7) is 5.12. The Bertz CT molecular complexity index is 1450. The number of fused-ring (bicyclic) bond motifs is 1. The monoisotopic (exact) mass is 510 g/mol. The van der Waals surface area contributed by atoms with Crippen molar-refractivity contribution in [3.8, 4) is 5.75 Å². The number of carbonyl (C=O) groups excluding carboxylic acids is 1. The Morgan fingerprint density at radius 3 is 2.78 bits per heavy atom. The predicted octanol–water partition coefficient (Wildman–Crippen LogP) is 5.49. The maximum Gasteiger partial charge on any atom is 0.254 e. The molecule has 5 rings (SSSR count). The van der Waals surface area contributed by atoms with Gasteiger partial charge in [-0.1, -0.05) is 31.7 Å². The van der Waals surface area contributed by atoms with Crippen LogP contribution in [0.5, 0.6) is 5.75 Å². The van der Waals surface area contributed by atoms with E-state index in [1.165, 1.54) is 12.3 Å². The van der Waals surface area contributed by atoms with Crippen molar-refractivity contribution in [3.05, 3.63) is 83.2 Å². The Balaban J connectivity index is 1.55. The molecule has 0 saturated carbocycles. The summed E-state index contributed by atoms with van der Waals surface area (Å²) in [5.74, 6) is -0.209. The van der Waals surface area contributed by atoms with E-state index in [4.69, 9.17) is 9.15 Å². The summed E-state index contributed by atoms with van der Waals surface area (Å²) < 4.78 is 40.4. The number of amides is 1. The minimum atomic E-state index is -0.954. The van der Waals surface area contributed by atoms with Crippen LogP contribution in [0.1, 0.15) is 47.3 Å². The number of benzene rings is 2. The van der Waals surface area contributed by atoms with E-state index in [0.29, 0.717) is 34.5 Å². The van der Waals surface area contributed by atoms with Crippen LogP contribution in [0.15, 0.2) is 58.3 Å². The highest BCUT2D eigenvalue weighted by molar-refractivity contribution is 8.13. The Hall–Kier alpha value is -3.66. The number of rotatable bonds is 7. The molecule has 36 heavy (non-hydrogen) atoms. The van der Waals surface area contributed by atoms with Gasteiger partial charge >= 0.3 is 0 Å². The van der Waals surface area contributed by atoms with E-state index in [2.05, 4.69) is 15.3 Å². The lowest BCUT2D eigenvalue weighted by Crippen LogP contribution is -2.24. The highest BCUT2D eigenvalue weighted by Crippen LogP contribution is 2.35. The van der Waals surface area contributed by atoms with E-state index in [-0.39, 0.29) is 18.4 Å². The molecule has 0 unspecified atom stereocenters. The largest absolute Gasteiger partial charge is 0.447 e. The number of hydrogen-bond acceptors (Lipinski definition) is 6. The van der Waals surface area contributed by atoms with Crippen LogP contribution in [0.3, 0.4) is 0 Å². The summed E-state index contributed by atoms with van der Waals surface area (Å²) in [5.41, 5.74) is 2.56. The molecule has 1 aliphatic heterocycles. The summed E-state index contributed by atoms with van der Waals surface area (Å²) in [6.07, 6.45) is 3.09. The summed E-state index contributed by atoms with van der Waals surface area (Å²) in [4.78, 5) is 22.1. The fourth-order valence-electron chi connectivity index (χ4n) is 4.29. The van der Waals surface area contributed by atoms with E-state index < -0.39 is 11.6 Å². The van der Waals surface area contributed by atoms with Crippen LogP contribution in [0.4, 0.5) is 8.78 Å². The van der Waals surface area contributed by atoms with Gasteiger partial charge in [-0.3, -0.25) is 4.79 Å². The molecule has 0 bridgehead atoms. The normalized spacial score (nSPS) is 13.4. The van der Waals surface area contributed by atoms with Crippen LogP contribution < -0.4 is 10.1 Å². The molecule has 4 aromatic rings. The molecule has 1 amide bonds. The molecule has 0 radical (unpaired) electrons. The molecule has 0 saturated heterocycles. The molecule has 0 aliphatic carbocycles. The molecule has 1 aliphatic rings. The van der Waals surface area contributed by atoms with Gasteiger partial charge in [0, 0.05) is 29.4 Å². The van der Waals surface area contributed by atoms with Gasteiger partial charge in [0.25, 0.3) is 11.1 Å². The highest BCUT2D eigenvalue weighted by atomic mass is 32.2. The quantitative estimate of drug-likeness (QED) is 0.356. The third-order valence-corrected chi connectivity index (χ3v) is 6.67. The van der Waals surface area contributed by atoms with E-state index >= 15 is 0 Å². The van der Waals surface area contributed by atoms with Crippen molar-refractivity contribution in [2.24, 2.45) is 4.99 Å². The number of carbonyl (C=O) groups is 1. The molecule has 2 aromatic carbocycles. The minimum Gasteiger partial charge on any atom is -0.447 e. The summed E-state index contributed by atoms with van der Waals surface area (Å²) in [5, 5.41) is 4.22. The Morgan fingerprint density at radius 1 is 1.22 bits per heavy atom. The molecule has 0 fully saturated rings. The molecule has 10 heteroatoms. The SMILES string of the molecule is CC(C)c1c(C(=O)NCc2ccc(F)c(F)c2)c2ccc(OC3=NCCS3)cc2n1Cc1ncco1.